The Bertz CT molecular complexity index is 1450. The average molecular weight is 511 g/mol. The second kappa shape index (κ2) is 11.3. The van der Waals surface area contributed by atoms with Crippen LogP contribution in [0.4, 0.5) is 16.2 Å². The van der Waals surface area contributed by atoms with E-state index < -0.39 is 11.0 Å². The number of urea groups is 1. The van der Waals surface area contributed by atoms with Gasteiger partial charge in [-0.2, -0.15) is 0 Å². The number of carbonyl (C=O) groups is 3. The van der Waals surface area contributed by atoms with Gasteiger partial charge in [0.1, 0.15) is 0 Å². The minimum atomic E-state index is -0.549. The summed E-state index contributed by atoms with van der Waals surface area (Å²) in [5.41, 5.74) is 3.54. The Morgan fingerprint density at radius 3 is 2.42 bits per heavy atom. The van der Waals surface area contributed by atoms with Crippen LogP contribution in [0, 0.1) is 10.1 Å². The fraction of sp³-hybridized carbons (Fsp3) is 0.138. The first-order valence-electron chi connectivity index (χ1n) is 11.9. The van der Waals surface area contributed by atoms with E-state index in [2.05, 4.69) is 10.6 Å². The molecule has 3 aromatic rings. The average Bonchev–Trinajstić information content (AvgIpc) is 2.93. The van der Waals surface area contributed by atoms with Gasteiger partial charge in [-0.1, -0.05) is 48.5 Å². The van der Waals surface area contributed by atoms with E-state index in [1.807, 2.05) is 30.3 Å². The van der Waals surface area contributed by atoms with Crippen molar-refractivity contribution < 1.29 is 19.3 Å². The number of allylic oxidation sites excluding steroid dienone is 1. The maximum atomic E-state index is 12.7. The van der Waals surface area contributed by atoms with Crippen molar-refractivity contribution in [2.45, 2.75) is 13.0 Å². The predicted molar refractivity (Wildman–Crippen MR) is 145 cm³/mol. The van der Waals surface area contributed by atoms with E-state index in [0.29, 0.717) is 28.1 Å². The van der Waals surface area contributed by atoms with Crippen LogP contribution in [-0.2, 0) is 4.79 Å². The molecule has 0 fully saturated rings. The molecular formula is C29H26N4O5. The lowest BCUT2D eigenvalue weighted by Crippen LogP contribution is -2.47. The highest BCUT2D eigenvalue weighted by Crippen LogP contribution is 2.30. The van der Waals surface area contributed by atoms with Gasteiger partial charge in [0, 0.05) is 36.0 Å². The second-order valence-electron chi connectivity index (χ2n) is 8.75. The molecule has 2 N–H and O–H groups in total. The van der Waals surface area contributed by atoms with Gasteiger partial charge in [-0.25, -0.2) is 4.79 Å². The second-order valence-corrected chi connectivity index (χ2v) is 8.75. The smallest absolute Gasteiger partial charge is 0.322 e. The number of hydrogen-bond acceptors (Lipinski definition) is 6. The van der Waals surface area contributed by atoms with Gasteiger partial charge in [0.05, 0.1) is 23.2 Å². The summed E-state index contributed by atoms with van der Waals surface area (Å²) in [5, 5.41) is 17.1. The number of likely N-dealkylation sites (N-methyl/N-ethyl adjacent to an activating group) is 1. The number of nitro groups is 1. The zero-order chi connectivity index (χ0) is 27.2. The summed E-state index contributed by atoms with van der Waals surface area (Å²) in [6.07, 6.45) is 2.90. The molecule has 9 nitrogen and oxygen atoms in total. The highest BCUT2D eigenvalue weighted by Gasteiger charge is 2.34. The lowest BCUT2D eigenvalue weighted by atomic mass is 9.92. The van der Waals surface area contributed by atoms with E-state index in [9.17, 15) is 24.5 Å². The third-order valence-corrected chi connectivity index (χ3v) is 6.23. The van der Waals surface area contributed by atoms with E-state index >= 15 is 0 Å². The van der Waals surface area contributed by atoms with Crippen LogP contribution >= 0.6 is 0 Å². The van der Waals surface area contributed by atoms with Gasteiger partial charge in [0.15, 0.2) is 11.6 Å². The fourth-order valence-corrected chi connectivity index (χ4v) is 4.23. The maximum absolute atomic E-state index is 12.7. The first-order valence-corrected chi connectivity index (χ1v) is 11.9. The Balaban J connectivity index is 1.49. The van der Waals surface area contributed by atoms with Gasteiger partial charge in [-0.3, -0.25) is 24.6 Å². The standard InChI is InChI=1S/C29H26N4O5/c1-19(34)27-25(32(2)29(36)31-28(27)22-8-4-3-5-9-22)18-30-23-14-12-21(13-15-23)26(35)16-11-20-7-6-10-24(17-20)33(37)38/h3-17,28,30H,18H2,1-2H3,(H,31,36)/b16-11+. The number of nitrogens with zero attached hydrogens (tertiary/aromatic N) is 2. The number of nitro benzene ring substituents is 1. The molecule has 0 saturated heterocycles. The molecule has 0 aliphatic carbocycles. The van der Waals surface area contributed by atoms with Crippen LogP contribution in [-0.4, -0.2) is 41.0 Å². The fourth-order valence-electron chi connectivity index (χ4n) is 4.23. The van der Waals surface area contributed by atoms with E-state index in [1.165, 1.54) is 36.1 Å². The van der Waals surface area contributed by atoms with Gasteiger partial charge in [-0.15, -0.1) is 0 Å². The molecule has 1 aliphatic heterocycles. The van der Waals surface area contributed by atoms with E-state index in [-0.39, 0.29) is 29.8 Å². The van der Waals surface area contributed by atoms with Gasteiger partial charge in [0.25, 0.3) is 5.69 Å². The van der Waals surface area contributed by atoms with Crippen LogP contribution in [0.15, 0.2) is 96.2 Å². The third kappa shape index (κ3) is 5.84. The molecule has 1 heterocycles. The summed E-state index contributed by atoms with van der Waals surface area (Å²) in [7, 11) is 1.62. The number of Topliss-reactive ketones (excluding diaryl/α,β-unsaturated/α-hetero) is 1. The number of non-ortho nitro benzene ring substituents is 1. The third-order valence-electron chi connectivity index (χ3n) is 6.23. The van der Waals surface area contributed by atoms with Crippen molar-refractivity contribution in [3.63, 3.8) is 0 Å². The number of hydrogen-bond donors (Lipinski definition) is 2. The Morgan fingerprint density at radius 1 is 1.05 bits per heavy atom. The molecule has 1 unspecified atom stereocenters. The molecule has 2 amide bonds. The van der Waals surface area contributed by atoms with E-state index in [0.717, 1.165) is 5.56 Å². The van der Waals surface area contributed by atoms with E-state index in [4.69, 9.17) is 0 Å². The highest BCUT2D eigenvalue weighted by atomic mass is 16.6. The molecule has 38 heavy (non-hydrogen) atoms. The Labute approximate surface area is 219 Å². The minimum absolute atomic E-state index is 0.0470. The van der Waals surface area contributed by atoms with Crippen LogP contribution in [0.1, 0.15) is 34.5 Å². The highest BCUT2D eigenvalue weighted by molar-refractivity contribution is 6.07. The van der Waals surface area contributed by atoms with Crippen LogP contribution in [0.2, 0.25) is 0 Å². The lowest BCUT2D eigenvalue weighted by molar-refractivity contribution is -0.384. The van der Waals surface area contributed by atoms with Crippen molar-refractivity contribution in [3.05, 3.63) is 123 Å². The van der Waals surface area contributed by atoms with Crippen molar-refractivity contribution in [1.29, 1.82) is 0 Å². The van der Waals surface area contributed by atoms with E-state index in [1.54, 1.807) is 43.4 Å². The molecule has 192 valence electrons. The normalized spacial score (nSPS) is 15.4. The number of nitrogens with one attached hydrogen (secondary N) is 2. The number of amides is 2. The number of rotatable bonds is 9. The topological polar surface area (TPSA) is 122 Å². The van der Waals surface area contributed by atoms with Gasteiger partial charge in [0.2, 0.25) is 0 Å². The molecule has 1 aliphatic rings. The van der Waals surface area contributed by atoms with Crippen LogP contribution in [0.25, 0.3) is 6.08 Å². The largest absolute Gasteiger partial charge is 0.379 e. The quantitative estimate of drug-likeness (QED) is 0.178. The zero-order valence-corrected chi connectivity index (χ0v) is 20.9. The predicted octanol–water partition coefficient (Wildman–Crippen LogP) is 5.14. The molecule has 0 aromatic heterocycles. The number of anilines is 1. The first-order chi connectivity index (χ1) is 18.2. The summed E-state index contributed by atoms with van der Waals surface area (Å²) in [6, 6.07) is 21.3. The Hall–Kier alpha value is -5.05. The maximum Gasteiger partial charge on any atom is 0.322 e. The lowest BCUT2D eigenvalue weighted by Gasteiger charge is -2.35. The van der Waals surface area contributed by atoms with Crippen molar-refractivity contribution >= 4 is 35.0 Å². The molecule has 4 rings (SSSR count). The summed E-state index contributed by atoms with van der Waals surface area (Å²) in [6.45, 7) is 1.71. The minimum Gasteiger partial charge on any atom is -0.379 e. The molecule has 3 aromatic carbocycles. The first kappa shape index (κ1) is 26.0. The Kier molecular flexibility index (Phi) is 7.77. The summed E-state index contributed by atoms with van der Waals surface area (Å²) < 4.78 is 0. The van der Waals surface area contributed by atoms with Gasteiger partial charge >= 0.3 is 6.03 Å². The van der Waals surface area contributed by atoms with Crippen molar-refractivity contribution in [2.24, 2.45) is 0 Å². The van der Waals surface area contributed by atoms with Gasteiger partial charge < -0.3 is 10.6 Å². The zero-order valence-electron chi connectivity index (χ0n) is 20.9. The van der Waals surface area contributed by atoms with Crippen molar-refractivity contribution in [1.82, 2.24) is 10.2 Å². The molecule has 0 bridgehead atoms. The Morgan fingerprint density at radius 2 is 1.76 bits per heavy atom. The monoisotopic (exact) mass is 510 g/mol. The van der Waals surface area contributed by atoms with Crippen molar-refractivity contribution in [3.8, 4) is 0 Å². The molecule has 9 heteroatoms. The number of carbonyl (C=O) groups excluding carboxylic acids is 3. The molecule has 0 radical (unpaired) electrons. The summed E-state index contributed by atoms with van der Waals surface area (Å²) >= 11 is 0. The van der Waals surface area contributed by atoms with Gasteiger partial charge in [-0.05, 0) is 48.4 Å². The van der Waals surface area contributed by atoms with Crippen LogP contribution < -0.4 is 10.6 Å². The molecule has 0 saturated carbocycles. The molecule has 0 spiro atoms. The SMILES string of the molecule is CC(=O)C1=C(CNc2ccc(C(=O)/C=C/c3cccc([N+](=O)[O-])c3)cc2)N(C)C(=O)NC1c1ccccc1. The molecule has 1 atom stereocenters. The summed E-state index contributed by atoms with van der Waals surface area (Å²) in [4.78, 5) is 49.8. The summed E-state index contributed by atoms with van der Waals surface area (Å²) in [5.74, 6) is -0.391. The molecular weight excluding hydrogens is 484 g/mol. The van der Waals surface area contributed by atoms with Crippen molar-refractivity contribution in [2.75, 3.05) is 18.9 Å². The van der Waals surface area contributed by atoms with Crippen LogP contribution in [0.5, 0.6) is 0 Å². The number of benzene rings is 3. The van der Waals surface area contributed by atoms with Crippen LogP contribution in [0.3, 0.4) is 0 Å². The number of ketones is 2.